The molecular formula is C11H12BrF2NO2. The fourth-order valence-electron chi connectivity index (χ4n) is 1.52. The van der Waals surface area contributed by atoms with Gasteiger partial charge in [0.2, 0.25) is 0 Å². The molecule has 0 fully saturated rings. The molecule has 0 aliphatic carbocycles. The molecule has 0 aliphatic heterocycles. The highest BCUT2D eigenvalue weighted by atomic mass is 79.9. The molecule has 3 nitrogen and oxygen atoms in total. The third kappa shape index (κ3) is 3.47. The average molecular weight is 308 g/mol. The number of carbonyl (C=O) groups is 1. The van der Waals surface area contributed by atoms with Gasteiger partial charge in [-0.2, -0.15) is 0 Å². The molecule has 0 radical (unpaired) electrons. The predicted molar refractivity (Wildman–Crippen MR) is 62.6 cm³/mol. The molecule has 1 aromatic rings. The summed E-state index contributed by atoms with van der Waals surface area (Å²) >= 11 is 2.93. The van der Waals surface area contributed by atoms with Crippen LogP contribution in [0.25, 0.3) is 0 Å². The first-order chi connectivity index (χ1) is 7.97. The second kappa shape index (κ2) is 6.07. The van der Waals surface area contributed by atoms with Gasteiger partial charge in [0.1, 0.15) is 11.6 Å². The Balaban J connectivity index is 3.00. The van der Waals surface area contributed by atoms with Crippen LogP contribution in [-0.4, -0.2) is 17.6 Å². The predicted octanol–water partition coefficient (Wildman–Crippen LogP) is 2.32. The summed E-state index contributed by atoms with van der Waals surface area (Å²) in [5.74, 6) is -3.48. The molecule has 0 heterocycles. The lowest BCUT2D eigenvalue weighted by Crippen LogP contribution is -2.21. The molecule has 0 aliphatic rings. The first-order valence-corrected chi connectivity index (χ1v) is 5.82. The number of hydrogen-bond acceptors (Lipinski definition) is 2. The van der Waals surface area contributed by atoms with Crippen LogP contribution in [0.3, 0.4) is 0 Å². The third-order valence-electron chi connectivity index (χ3n) is 2.45. The largest absolute Gasteiger partial charge is 0.481 e. The van der Waals surface area contributed by atoms with Crippen molar-refractivity contribution < 1.29 is 18.7 Å². The van der Waals surface area contributed by atoms with E-state index in [1.165, 1.54) is 6.07 Å². The molecule has 17 heavy (non-hydrogen) atoms. The lowest BCUT2D eigenvalue weighted by Gasteiger charge is -2.13. The van der Waals surface area contributed by atoms with Crippen molar-refractivity contribution in [3.8, 4) is 0 Å². The van der Waals surface area contributed by atoms with E-state index in [-0.39, 0.29) is 29.4 Å². The normalized spacial score (nSPS) is 12.5. The lowest BCUT2D eigenvalue weighted by molar-refractivity contribution is -0.141. The average Bonchev–Trinajstić information content (AvgIpc) is 2.28. The molecule has 1 rings (SSSR count). The van der Waals surface area contributed by atoms with E-state index in [0.29, 0.717) is 0 Å². The summed E-state index contributed by atoms with van der Waals surface area (Å²) in [6, 6.07) is 2.34. The standard InChI is InChI=1S/C11H12BrF2NO2/c12-8-1-2-9(13)7(10(8)14)5-6(3-4-15)11(16)17/h1-2,6H,3-5,15H2,(H,16,17). The summed E-state index contributed by atoms with van der Waals surface area (Å²) in [5, 5.41) is 8.90. The first-order valence-electron chi connectivity index (χ1n) is 5.02. The Hall–Kier alpha value is -1.01. The van der Waals surface area contributed by atoms with Crippen LogP contribution in [0.15, 0.2) is 16.6 Å². The summed E-state index contributed by atoms with van der Waals surface area (Å²) in [7, 11) is 0. The number of benzene rings is 1. The molecule has 1 atom stereocenters. The topological polar surface area (TPSA) is 63.3 Å². The minimum atomic E-state index is -1.10. The van der Waals surface area contributed by atoms with Crippen LogP contribution in [0, 0.1) is 17.6 Å². The van der Waals surface area contributed by atoms with Crippen molar-refractivity contribution in [2.75, 3.05) is 6.54 Å². The second-order valence-corrected chi connectivity index (χ2v) is 4.49. The zero-order valence-corrected chi connectivity index (χ0v) is 10.5. The SMILES string of the molecule is NCCC(Cc1c(F)ccc(Br)c1F)C(=O)O. The summed E-state index contributed by atoms with van der Waals surface area (Å²) < 4.78 is 27.1. The Bertz CT molecular complexity index is 426. The van der Waals surface area contributed by atoms with E-state index in [9.17, 15) is 13.6 Å². The molecule has 0 amide bonds. The van der Waals surface area contributed by atoms with Gasteiger partial charge >= 0.3 is 5.97 Å². The summed E-state index contributed by atoms with van der Waals surface area (Å²) in [5.41, 5.74) is 5.04. The number of carboxylic acids is 1. The van der Waals surface area contributed by atoms with Gasteiger partial charge in [0.15, 0.2) is 0 Å². The van der Waals surface area contributed by atoms with Gasteiger partial charge in [-0.05, 0) is 47.4 Å². The molecule has 6 heteroatoms. The van der Waals surface area contributed by atoms with Crippen LogP contribution in [0.2, 0.25) is 0 Å². The maximum atomic E-state index is 13.6. The van der Waals surface area contributed by atoms with E-state index < -0.39 is 23.5 Å². The van der Waals surface area contributed by atoms with E-state index in [2.05, 4.69) is 15.9 Å². The van der Waals surface area contributed by atoms with Crippen LogP contribution in [0.4, 0.5) is 8.78 Å². The van der Waals surface area contributed by atoms with Crippen molar-refractivity contribution in [3.05, 3.63) is 33.8 Å². The van der Waals surface area contributed by atoms with Crippen LogP contribution in [-0.2, 0) is 11.2 Å². The number of aliphatic carboxylic acids is 1. The molecule has 0 saturated carbocycles. The maximum Gasteiger partial charge on any atom is 0.306 e. The van der Waals surface area contributed by atoms with E-state index in [1.54, 1.807) is 0 Å². The summed E-state index contributed by atoms with van der Waals surface area (Å²) in [6.45, 7) is 0.161. The molecule has 0 saturated heterocycles. The van der Waals surface area contributed by atoms with Gasteiger partial charge in [0, 0.05) is 5.56 Å². The number of rotatable bonds is 5. The molecule has 1 unspecified atom stereocenters. The Morgan fingerprint density at radius 3 is 2.65 bits per heavy atom. The molecular weight excluding hydrogens is 296 g/mol. The molecule has 94 valence electrons. The zero-order chi connectivity index (χ0) is 13.0. The van der Waals surface area contributed by atoms with E-state index in [1.807, 2.05) is 0 Å². The highest BCUT2D eigenvalue weighted by molar-refractivity contribution is 9.10. The van der Waals surface area contributed by atoms with Gasteiger partial charge in [-0.15, -0.1) is 0 Å². The smallest absolute Gasteiger partial charge is 0.306 e. The second-order valence-electron chi connectivity index (χ2n) is 3.64. The van der Waals surface area contributed by atoms with Crippen molar-refractivity contribution in [3.63, 3.8) is 0 Å². The maximum absolute atomic E-state index is 13.6. The minimum Gasteiger partial charge on any atom is -0.481 e. The number of nitrogens with two attached hydrogens (primary N) is 1. The molecule has 3 N–H and O–H groups in total. The number of hydrogen-bond donors (Lipinski definition) is 2. The quantitative estimate of drug-likeness (QED) is 0.821. The fourth-order valence-corrected chi connectivity index (χ4v) is 1.89. The number of halogens is 3. The fraction of sp³-hybridized carbons (Fsp3) is 0.364. The Morgan fingerprint density at radius 1 is 1.47 bits per heavy atom. The molecule has 0 spiro atoms. The summed E-state index contributed by atoms with van der Waals surface area (Å²) in [6.07, 6.45) is -0.0234. The Labute approximate surface area is 106 Å². The van der Waals surface area contributed by atoms with Gasteiger partial charge in [-0.25, -0.2) is 8.78 Å². The van der Waals surface area contributed by atoms with Crippen molar-refractivity contribution in [2.45, 2.75) is 12.8 Å². The zero-order valence-electron chi connectivity index (χ0n) is 8.92. The van der Waals surface area contributed by atoms with Crippen molar-refractivity contribution in [1.82, 2.24) is 0 Å². The van der Waals surface area contributed by atoms with Crippen LogP contribution in [0.1, 0.15) is 12.0 Å². The summed E-state index contributed by atoms with van der Waals surface area (Å²) in [4.78, 5) is 10.9. The van der Waals surface area contributed by atoms with Gasteiger partial charge in [0.05, 0.1) is 10.4 Å². The number of carboxylic acid groups (broad SMARTS) is 1. The van der Waals surface area contributed by atoms with Gasteiger partial charge < -0.3 is 10.8 Å². The third-order valence-corrected chi connectivity index (χ3v) is 3.07. The molecule has 1 aromatic carbocycles. The Morgan fingerprint density at radius 2 is 2.12 bits per heavy atom. The van der Waals surface area contributed by atoms with Gasteiger partial charge in [-0.1, -0.05) is 0 Å². The van der Waals surface area contributed by atoms with E-state index in [0.717, 1.165) is 6.07 Å². The highest BCUT2D eigenvalue weighted by Gasteiger charge is 2.22. The van der Waals surface area contributed by atoms with Crippen LogP contribution < -0.4 is 5.73 Å². The van der Waals surface area contributed by atoms with Crippen LogP contribution in [0.5, 0.6) is 0 Å². The van der Waals surface area contributed by atoms with E-state index >= 15 is 0 Å². The van der Waals surface area contributed by atoms with Gasteiger partial charge in [-0.3, -0.25) is 4.79 Å². The van der Waals surface area contributed by atoms with Crippen LogP contribution >= 0.6 is 15.9 Å². The minimum absolute atomic E-state index is 0.116. The van der Waals surface area contributed by atoms with Crippen molar-refractivity contribution in [1.29, 1.82) is 0 Å². The van der Waals surface area contributed by atoms with Crippen molar-refractivity contribution in [2.24, 2.45) is 11.7 Å². The van der Waals surface area contributed by atoms with E-state index in [4.69, 9.17) is 10.8 Å². The van der Waals surface area contributed by atoms with Gasteiger partial charge in [0.25, 0.3) is 0 Å². The molecule has 0 bridgehead atoms. The lowest BCUT2D eigenvalue weighted by atomic mass is 9.95. The molecule has 0 aromatic heterocycles. The first kappa shape index (κ1) is 14.1. The monoisotopic (exact) mass is 307 g/mol. The Kier molecular flexibility index (Phi) is 5.02. The highest BCUT2D eigenvalue weighted by Crippen LogP contribution is 2.24. The van der Waals surface area contributed by atoms with Crippen molar-refractivity contribution >= 4 is 21.9 Å².